The Morgan fingerprint density at radius 2 is 1.31 bits per heavy atom. The van der Waals surface area contributed by atoms with Gasteiger partial charge in [0.05, 0.1) is 25.1 Å². The van der Waals surface area contributed by atoms with Gasteiger partial charge in [0.15, 0.2) is 0 Å². The number of carbonyl (C=O) groups excluding carboxylic acids is 4. The van der Waals surface area contributed by atoms with Crippen LogP contribution in [0.3, 0.4) is 0 Å². The lowest BCUT2D eigenvalue weighted by molar-refractivity contribution is -0.152. The highest BCUT2D eigenvalue weighted by Gasteiger charge is 2.28. The van der Waals surface area contributed by atoms with E-state index in [9.17, 15) is 24.3 Å². The van der Waals surface area contributed by atoms with Crippen molar-refractivity contribution in [1.29, 1.82) is 0 Å². The molecule has 0 aliphatic heterocycles. The van der Waals surface area contributed by atoms with Crippen molar-refractivity contribution in [2.75, 3.05) is 13.2 Å². The zero-order valence-electron chi connectivity index (χ0n) is 30.8. The molecule has 0 heterocycles. The number of hydrogen-bond donors (Lipinski definition) is 4. The molecule has 4 N–H and O–H groups in total. The normalized spacial score (nSPS) is 12.8. The lowest BCUT2D eigenvalue weighted by atomic mass is 9.98. The summed E-state index contributed by atoms with van der Waals surface area (Å²) in [5.74, 6) is -1.67. The molecule has 4 aromatic rings. The summed E-state index contributed by atoms with van der Waals surface area (Å²) >= 11 is 0. The van der Waals surface area contributed by atoms with Crippen molar-refractivity contribution in [2.24, 2.45) is 5.92 Å². The molecule has 0 aliphatic carbocycles. The first-order chi connectivity index (χ1) is 26.8. The number of hydrogen-bond acceptors (Lipinski definition) is 8. The highest BCUT2D eigenvalue weighted by atomic mass is 16.6. The predicted molar refractivity (Wildman–Crippen MR) is 210 cm³/mol. The molecule has 0 fully saturated rings. The molecule has 3 amide bonds. The summed E-state index contributed by atoms with van der Waals surface area (Å²) in [6.45, 7) is 7.49. The topological polar surface area (TPSA) is 152 Å². The number of allylic oxidation sites excluding steroid dienone is 1. The lowest BCUT2D eigenvalue weighted by Crippen LogP contribution is -2.44. The maximum Gasteiger partial charge on any atom is 0.408 e. The van der Waals surface area contributed by atoms with E-state index in [-0.39, 0.29) is 39.0 Å². The van der Waals surface area contributed by atoms with Crippen LogP contribution in [0, 0.1) is 5.92 Å². The van der Waals surface area contributed by atoms with Gasteiger partial charge in [0.2, 0.25) is 11.8 Å². The van der Waals surface area contributed by atoms with Gasteiger partial charge in [0.1, 0.15) is 31.1 Å². The summed E-state index contributed by atoms with van der Waals surface area (Å²) in [6.07, 6.45) is 1.82. The molecule has 0 bridgehead atoms. The molecule has 0 saturated carbocycles. The third-order valence-electron chi connectivity index (χ3n) is 8.58. The van der Waals surface area contributed by atoms with Crippen molar-refractivity contribution >= 4 is 23.9 Å². The predicted octanol–water partition coefficient (Wildman–Crippen LogP) is 6.14. The lowest BCUT2D eigenvalue weighted by Gasteiger charge is -2.24. The fourth-order valence-corrected chi connectivity index (χ4v) is 5.65. The van der Waals surface area contributed by atoms with E-state index in [4.69, 9.17) is 14.2 Å². The monoisotopic (exact) mass is 747 g/mol. The van der Waals surface area contributed by atoms with E-state index in [1.807, 2.05) is 84.9 Å². The number of ether oxygens (including phenoxy) is 3. The van der Waals surface area contributed by atoms with Crippen LogP contribution in [0.4, 0.5) is 4.79 Å². The molecule has 288 valence electrons. The minimum Gasteiger partial charge on any atom is -0.489 e. The first kappa shape index (κ1) is 41.6. The Balaban J connectivity index is 1.31. The first-order valence-corrected chi connectivity index (χ1v) is 18.2. The minimum atomic E-state index is -1.09. The second kappa shape index (κ2) is 22.8. The van der Waals surface area contributed by atoms with E-state index in [0.717, 1.165) is 16.7 Å². The van der Waals surface area contributed by atoms with Crippen molar-refractivity contribution in [2.45, 2.75) is 57.1 Å². The van der Waals surface area contributed by atoms with Crippen LogP contribution in [-0.2, 0) is 43.5 Å². The second-order valence-corrected chi connectivity index (χ2v) is 12.9. The Morgan fingerprint density at radius 3 is 1.91 bits per heavy atom. The molecule has 11 nitrogen and oxygen atoms in total. The highest BCUT2D eigenvalue weighted by molar-refractivity contribution is 5.86. The molecule has 4 aromatic carbocycles. The van der Waals surface area contributed by atoms with Crippen molar-refractivity contribution in [1.82, 2.24) is 16.0 Å². The second-order valence-electron chi connectivity index (χ2n) is 12.9. The van der Waals surface area contributed by atoms with Crippen LogP contribution in [0.2, 0.25) is 0 Å². The van der Waals surface area contributed by atoms with Gasteiger partial charge in [-0.2, -0.15) is 0 Å². The van der Waals surface area contributed by atoms with E-state index in [1.165, 1.54) is 6.08 Å². The average Bonchev–Trinajstić information content (AvgIpc) is 3.21. The van der Waals surface area contributed by atoms with Crippen LogP contribution in [0.25, 0.3) is 0 Å². The summed E-state index contributed by atoms with van der Waals surface area (Å²) in [7, 11) is 0. The Kier molecular flexibility index (Phi) is 17.2. The molecule has 0 spiro atoms. The smallest absolute Gasteiger partial charge is 0.408 e. The van der Waals surface area contributed by atoms with Gasteiger partial charge in [-0.3, -0.25) is 9.59 Å². The number of amides is 3. The SMILES string of the molecule is C=CC[C@@H](CC(=O)N[C@H](CO)Cc1ccc(OCc2ccccc2)cc1)C(=O)NC[C@@H](OC(=O)[C@@H](CC=C)NC(=O)OCc1ccccc1)c1ccccc1. The molecule has 0 saturated heterocycles. The standard InChI is InChI=1S/C44H49N3O8/c1-3-14-36(27-41(49)46-37(29-48)26-32-22-24-38(25-23-32)53-30-33-16-8-5-9-17-33)42(50)45-28-40(35-20-12-7-13-21-35)55-43(51)39(15-4-2)47-44(52)54-31-34-18-10-6-11-19-34/h3-13,16-25,36-37,39-40,48H,1-2,14-15,26-31H2,(H,45,50)(H,46,49)(H,47,52)/t36-,37-,39+,40+/m0/s1. The fourth-order valence-electron chi connectivity index (χ4n) is 5.65. The van der Waals surface area contributed by atoms with Crippen LogP contribution in [0.15, 0.2) is 141 Å². The summed E-state index contributed by atoms with van der Waals surface area (Å²) in [6, 6.07) is 33.6. The summed E-state index contributed by atoms with van der Waals surface area (Å²) in [4.78, 5) is 52.5. The molecular formula is C44H49N3O8. The Labute approximate surface area is 322 Å². The maximum atomic E-state index is 13.5. The molecular weight excluding hydrogens is 698 g/mol. The first-order valence-electron chi connectivity index (χ1n) is 18.2. The molecule has 0 aliphatic rings. The third-order valence-corrected chi connectivity index (χ3v) is 8.58. The highest BCUT2D eigenvalue weighted by Crippen LogP contribution is 2.20. The number of aliphatic hydroxyl groups is 1. The minimum absolute atomic E-state index is 0.0191. The molecule has 0 radical (unpaired) electrons. The molecule has 4 rings (SSSR count). The largest absolute Gasteiger partial charge is 0.489 e. The number of rotatable bonds is 22. The Morgan fingerprint density at radius 1 is 0.709 bits per heavy atom. The van der Waals surface area contributed by atoms with Gasteiger partial charge in [-0.15, -0.1) is 13.2 Å². The number of benzene rings is 4. The van der Waals surface area contributed by atoms with E-state index in [2.05, 4.69) is 29.1 Å². The average molecular weight is 748 g/mol. The van der Waals surface area contributed by atoms with Gasteiger partial charge >= 0.3 is 12.1 Å². The van der Waals surface area contributed by atoms with Gasteiger partial charge < -0.3 is 35.3 Å². The van der Waals surface area contributed by atoms with Crippen molar-refractivity contribution in [3.05, 3.63) is 163 Å². The Bertz CT molecular complexity index is 1800. The quantitative estimate of drug-likeness (QED) is 0.0553. The van der Waals surface area contributed by atoms with Crippen LogP contribution in [0.5, 0.6) is 5.75 Å². The molecule has 0 aromatic heterocycles. The van der Waals surface area contributed by atoms with Crippen LogP contribution >= 0.6 is 0 Å². The molecule has 4 atom stereocenters. The number of alkyl carbamates (subject to hydrolysis) is 1. The number of carbonyl (C=O) groups is 4. The number of aliphatic hydroxyl groups excluding tert-OH is 1. The van der Waals surface area contributed by atoms with E-state index >= 15 is 0 Å². The van der Waals surface area contributed by atoms with Crippen LogP contribution < -0.4 is 20.7 Å². The van der Waals surface area contributed by atoms with Crippen molar-refractivity contribution in [3.63, 3.8) is 0 Å². The summed E-state index contributed by atoms with van der Waals surface area (Å²) in [5.41, 5.74) is 3.34. The van der Waals surface area contributed by atoms with Crippen molar-refractivity contribution < 1.29 is 38.5 Å². The van der Waals surface area contributed by atoms with Crippen LogP contribution in [-0.4, -0.2) is 54.2 Å². The number of esters is 1. The van der Waals surface area contributed by atoms with E-state index in [0.29, 0.717) is 24.3 Å². The summed E-state index contributed by atoms with van der Waals surface area (Å²) in [5, 5.41) is 18.3. The van der Waals surface area contributed by atoms with Gasteiger partial charge in [-0.1, -0.05) is 115 Å². The zero-order chi connectivity index (χ0) is 39.3. The van der Waals surface area contributed by atoms with E-state index < -0.39 is 48.0 Å². The maximum absolute atomic E-state index is 13.5. The van der Waals surface area contributed by atoms with Crippen LogP contribution in [0.1, 0.15) is 47.6 Å². The summed E-state index contributed by atoms with van der Waals surface area (Å²) < 4.78 is 17.0. The van der Waals surface area contributed by atoms with E-state index in [1.54, 1.807) is 36.4 Å². The third kappa shape index (κ3) is 14.6. The van der Waals surface area contributed by atoms with Gasteiger partial charge in [0.25, 0.3) is 0 Å². The Hall–Kier alpha value is -6.20. The molecule has 0 unspecified atom stereocenters. The zero-order valence-corrected chi connectivity index (χ0v) is 30.8. The number of nitrogens with one attached hydrogen (secondary N) is 3. The van der Waals surface area contributed by atoms with Gasteiger partial charge in [-0.25, -0.2) is 9.59 Å². The van der Waals surface area contributed by atoms with Gasteiger partial charge in [0, 0.05) is 6.42 Å². The molecule has 11 heteroatoms. The molecule has 55 heavy (non-hydrogen) atoms. The fraction of sp³-hybridized carbons (Fsp3) is 0.273. The van der Waals surface area contributed by atoms with Gasteiger partial charge in [-0.05, 0) is 53.6 Å². The van der Waals surface area contributed by atoms with Crippen molar-refractivity contribution in [3.8, 4) is 5.75 Å².